The van der Waals surface area contributed by atoms with E-state index in [1.807, 2.05) is 38.1 Å². The molecule has 20 heavy (non-hydrogen) atoms. The quantitative estimate of drug-likeness (QED) is 0.911. The lowest BCUT2D eigenvalue weighted by Gasteiger charge is -2.16. The highest BCUT2D eigenvalue weighted by Gasteiger charge is 2.15. The standard InChI is InChI=1S/C16H19NO3/c1-11-6-7-15(12(2)9-11)20-13(3)16(18)17-10-14-5-4-8-19-14/h4-9,13H,10H2,1-3H3,(H,17,18)/t13-/m0/s1. The van der Waals surface area contributed by atoms with Gasteiger partial charge in [-0.1, -0.05) is 17.7 Å². The first-order valence-corrected chi connectivity index (χ1v) is 6.60. The fourth-order valence-corrected chi connectivity index (χ4v) is 1.91. The third kappa shape index (κ3) is 3.63. The molecule has 2 aromatic rings. The minimum absolute atomic E-state index is 0.165. The molecule has 0 saturated heterocycles. The van der Waals surface area contributed by atoms with Gasteiger partial charge >= 0.3 is 0 Å². The van der Waals surface area contributed by atoms with Crippen LogP contribution in [0, 0.1) is 13.8 Å². The molecule has 0 bridgehead atoms. The van der Waals surface area contributed by atoms with Crippen molar-refractivity contribution in [3.05, 3.63) is 53.5 Å². The van der Waals surface area contributed by atoms with Crippen LogP contribution >= 0.6 is 0 Å². The summed E-state index contributed by atoms with van der Waals surface area (Å²) in [5, 5.41) is 2.78. The maximum Gasteiger partial charge on any atom is 0.261 e. The first-order valence-electron chi connectivity index (χ1n) is 6.60. The number of carbonyl (C=O) groups excluding carboxylic acids is 1. The Morgan fingerprint density at radius 1 is 1.35 bits per heavy atom. The molecular formula is C16H19NO3. The molecule has 0 saturated carbocycles. The van der Waals surface area contributed by atoms with Crippen molar-refractivity contribution in [2.75, 3.05) is 0 Å². The van der Waals surface area contributed by atoms with Crippen molar-refractivity contribution >= 4 is 5.91 Å². The molecule has 1 aromatic carbocycles. The number of amides is 1. The summed E-state index contributed by atoms with van der Waals surface area (Å²) >= 11 is 0. The fourth-order valence-electron chi connectivity index (χ4n) is 1.91. The average Bonchev–Trinajstić information content (AvgIpc) is 2.92. The molecular weight excluding hydrogens is 254 g/mol. The number of hydrogen-bond donors (Lipinski definition) is 1. The topological polar surface area (TPSA) is 51.5 Å². The Morgan fingerprint density at radius 2 is 2.15 bits per heavy atom. The van der Waals surface area contributed by atoms with Crippen molar-refractivity contribution in [3.63, 3.8) is 0 Å². The van der Waals surface area contributed by atoms with Gasteiger partial charge in [-0.25, -0.2) is 0 Å². The summed E-state index contributed by atoms with van der Waals surface area (Å²) < 4.78 is 10.8. The zero-order valence-electron chi connectivity index (χ0n) is 12.0. The number of rotatable bonds is 5. The van der Waals surface area contributed by atoms with Crippen molar-refractivity contribution in [1.82, 2.24) is 5.32 Å². The molecule has 2 rings (SSSR count). The number of hydrogen-bond acceptors (Lipinski definition) is 3. The highest BCUT2D eigenvalue weighted by atomic mass is 16.5. The van der Waals surface area contributed by atoms with E-state index in [2.05, 4.69) is 5.32 Å². The monoisotopic (exact) mass is 273 g/mol. The van der Waals surface area contributed by atoms with Crippen LogP contribution in [0.15, 0.2) is 41.0 Å². The number of nitrogens with one attached hydrogen (secondary N) is 1. The summed E-state index contributed by atoms with van der Waals surface area (Å²) in [6.07, 6.45) is 1.03. The smallest absolute Gasteiger partial charge is 0.261 e. The van der Waals surface area contributed by atoms with Gasteiger partial charge in [-0.15, -0.1) is 0 Å². The molecule has 1 N–H and O–H groups in total. The minimum atomic E-state index is -0.550. The summed E-state index contributed by atoms with van der Waals surface area (Å²) in [7, 11) is 0. The molecule has 0 aliphatic rings. The van der Waals surface area contributed by atoms with E-state index in [4.69, 9.17) is 9.15 Å². The SMILES string of the molecule is Cc1ccc(O[C@@H](C)C(=O)NCc2ccco2)c(C)c1. The van der Waals surface area contributed by atoms with Gasteiger partial charge in [0.15, 0.2) is 6.10 Å². The van der Waals surface area contributed by atoms with Gasteiger partial charge in [0.05, 0.1) is 12.8 Å². The fraction of sp³-hybridized carbons (Fsp3) is 0.312. The van der Waals surface area contributed by atoms with Gasteiger partial charge in [-0.3, -0.25) is 4.79 Å². The van der Waals surface area contributed by atoms with E-state index in [0.29, 0.717) is 6.54 Å². The zero-order chi connectivity index (χ0) is 14.5. The molecule has 4 nitrogen and oxygen atoms in total. The van der Waals surface area contributed by atoms with Crippen LogP contribution in [0.1, 0.15) is 23.8 Å². The first-order chi connectivity index (χ1) is 9.56. The number of furan rings is 1. The minimum Gasteiger partial charge on any atom is -0.481 e. The Labute approximate surface area is 118 Å². The van der Waals surface area contributed by atoms with Crippen LogP contribution in [0.25, 0.3) is 0 Å². The molecule has 1 heterocycles. The van der Waals surface area contributed by atoms with E-state index < -0.39 is 6.10 Å². The number of ether oxygens (including phenoxy) is 1. The molecule has 0 aliphatic heterocycles. The molecule has 0 spiro atoms. The normalized spacial score (nSPS) is 11.9. The van der Waals surface area contributed by atoms with Crippen LogP contribution in [0.3, 0.4) is 0 Å². The van der Waals surface area contributed by atoms with Crippen LogP contribution < -0.4 is 10.1 Å². The van der Waals surface area contributed by atoms with E-state index in [1.165, 1.54) is 5.56 Å². The first kappa shape index (κ1) is 14.2. The van der Waals surface area contributed by atoms with Crippen molar-refractivity contribution in [3.8, 4) is 5.75 Å². The lowest BCUT2D eigenvalue weighted by molar-refractivity contribution is -0.127. The molecule has 4 heteroatoms. The zero-order valence-corrected chi connectivity index (χ0v) is 12.0. The van der Waals surface area contributed by atoms with Gasteiger partial charge < -0.3 is 14.5 Å². The maximum absolute atomic E-state index is 11.9. The van der Waals surface area contributed by atoms with Crippen molar-refractivity contribution in [2.24, 2.45) is 0 Å². The van der Waals surface area contributed by atoms with Gasteiger partial charge in [0, 0.05) is 0 Å². The van der Waals surface area contributed by atoms with E-state index in [-0.39, 0.29) is 5.91 Å². The Morgan fingerprint density at radius 3 is 2.80 bits per heavy atom. The third-order valence-electron chi connectivity index (χ3n) is 3.02. The average molecular weight is 273 g/mol. The summed E-state index contributed by atoms with van der Waals surface area (Å²) in [5.41, 5.74) is 2.19. The Bertz CT molecular complexity index is 575. The lowest BCUT2D eigenvalue weighted by Crippen LogP contribution is -2.35. The van der Waals surface area contributed by atoms with Crippen LogP contribution in [0.4, 0.5) is 0 Å². The molecule has 0 fully saturated rings. The Kier molecular flexibility index (Phi) is 4.45. The van der Waals surface area contributed by atoms with Crippen LogP contribution in [0.2, 0.25) is 0 Å². The number of benzene rings is 1. The summed E-state index contributed by atoms with van der Waals surface area (Å²) in [5.74, 6) is 1.29. The van der Waals surface area contributed by atoms with Crippen molar-refractivity contribution in [2.45, 2.75) is 33.4 Å². The predicted molar refractivity (Wildman–Crippen MR) is 76.6 cm³/mol. The van der Waals surface area contributed by atoms with Gasteiger partial charge in [-0.2, -0.15) is 0 Å². The third-order valence-corrected chi connectivity index (χ3v) is 3.02. The summed E-state index contributed by atoms with van der Waals surface area (Å²) in [6, 6.07) is 9.49. The molecule has 0 unspecified atom stereocenters. The second-order valence-corrected chi connectivity index (χ2v) is 4.83. The summed E-state index contributed by atoms with van der Waals surface area (Å²) in [4.78, 5) is 11.9. The van der Waals surface area contributed by atoms with Crippen molar-refractivity contribution in [1.29, 1.82) is 0 Å². The van der Waals surface area contributed by atoms with Crippen LogP contribution in [-0.4, -0.2) is 12.0 Å². The van der Waals surface area contributed by atoms with Crippen molar-refractivity contribution < 1.29 is 13.9 Å². The van der Waals surface area contributed by atoms with Gasteiger partial charge in [0.1, 0.15) is 11.5 Å². The van der Waals surface area contributed by atoms with E-state index in [0.717, 1.165) is 17.1 Å². The second kappa shape index (κ2) is 6.28. The highest BCUT2D eigenvalue weighted by Crippen LogP contribution is 2.20. The van der Waals surface area contributed by atoms with Gasteiger partial charge in [0.2, 0.25) is 0 Å². The van der Waals surface area contributed by atoms with E-state index in [9.17, 15) is 4.79 Å². The molecule has 0 radical (unpaired) electrons. The van der Waals surface area contributed by atoms with E-state index in [1.54, 1.807) is 19.3 Å². The maximum atomic E-state index is 11.9. The number of aryl methyl sites for hydroxylation is 2. The van der Waals surface area contributed by atoms with Gasteiger partial charge in [0.25, 0.3) is 5.91 Å². The lowest BCUT2D eigenvalue weighted by atomic mass is 10.1. The molecule has 1 atom stereocenters. The van der Waals surface area contributed by atoms with Crippen LogP contribution in [-0.2, 0) is 11.3 Å². The molecule has 1 amide bonds. The second-order valence-electron chi connectivity index (χ2n) is 4.83. The molecule has 106 valence electrons. The number of carbonyl (C=O) groups is 1. The van der Waals surface area contributed by atoms with Crippen LogP contribution in [0.5, 0.6) is 5.75 Å². The highest BCUT2D eigenvalue weighted by molar-refractivity contribution is 5.80. The Hall–Kier alpha value is -2.23. The summed E-state index contributed by atoms with van der Waals surface area (Å²) in [6.45, 7) is 6.09. The molecule has 1 aromatic heterocycles. The molecule has 0 aliphatic carbocycles. The predicted octanol–water partition coefficient (Wildman–Crippen LogP) is 2.98. The Balaban J connectivity index is 1.90. The van der Waals surface area contributed by atoms with E-state index >= 15 is 0 Å². The van der Waals surface area contributed by atoms with Gasteiger partial charge in [-0.05, 0) is 44.5 Å². The largest absolute Gasteiger partial charge is 0.481 e.